The predicted molar refractivity (Wildman–Crippen MR) is 92.6 cm³/mol. The molecular formula is C17H35N2O4-. The molecule has 0 rings (SSSR count). The number of carbonyl (C=O) groups excluding carboxylic acids is 1. The van der Waals surface area contributed by atoms with Gasteiger partial charge in [-0.05, 0) is 19.4 Å². The lowest BCUT2D eigenvalue weighted by atomic mass is 10.1. The Kier molecular flexibility index (Phi) is 15.7. The maximum Gasteiger partial charge on any atom is 0.219 e. The normalized spacial score (nSPS) is 11.4. The number of hydrogen-bond acceptors (Lipinski definition) is 5. The highest BCUT2D eigenvalue weighted by Crippen LogP contribution is 2.10. The number of aliphatic hydroxyl groups excluding tert-OH is 1. The van der Waals surface area contributed by atoms with Crippen LogP contribution in [0.15, 0.2) is 0 Å². The van der Waals surface area contributed by atoms with Gasteiger partial charge in [-0.2, -0.15) is 0 Å². The molecule has 0 heterocycles. The van der Waals surface area contributed by atoms with Gasteiger partial charge in [-0.15, -0.1) is 0 Å². The molecule has 0 spiro atoms. The zero-order chi connectivity index (χ0) is 17.3. The van der Waals surface area contributed by atoms with E-state index in [4.69, 9.17) is 10.2 Å². The van der Waals surface area contributed by atoms with Crippen LogP contribution in [0.2, 0.25) is 0 Å². The van der Waals surface area contributed by atoms with Crippen LogP contribution in [0.1, 0.15) is 77.6 Å². The average molecular weight is 331 g/mol. The fraction of sp³-hybridized carbons (Fsp3) is 0.941. The molecule has 23 heavy (non-hydrogen) atoms. The Morgan fingerprint density at radius 1 is 1.00 bits per heavy atom. The summed E-state index contributed by atoms with van der Waals surface area (Å²) in [4.78, 5) is 11.6. The van der Waals surface area contributed by atoms with Gasteiger partial charge in [-0.3, -0.25) is 4.79 Å². The minimum absolute atomic E-state index is 0.0348. The Hall–Kier alpha value is -0.690. The standard InChI is InChI=1S/C17H35N2O4/c1-2-3-4-5-6-7-8-9-10-12-16(20)18-13-11-14-19(23)15-17(21)22/h17,21-22H,2-15H2,1H3,(H,18,20)/q-1. The molecule has 138 valence electrons. The van der Waals surface area contributed by atoms with Gasteiger partial charge in [-0.25, -0.2) is 0 Å². The van der Waals surface area contributed by atoms with Crippen LogP contribution in [0.25, 0.3) is 0 Å². The van der Waals surface area contributed by atoms with E-state index in [1.807, 2.05) is 0 Å². The fourth-order valence-corrected chi connectivity index (χ4v) is 2.44. The van der Waals surface area contributed by atoms with E-state index in [-0.39, 0.29) is 19.0 Å². The number of carbonyl (C=O) groups is 1. The third kappa shape index (κ3) is 17.5. The van der Waals surface area contributed by atoms with Crippen LogP contribution in [0.5, 0.6) is 0 Å². The van der Waals surface area contributed by atoms with Crippen LogP contribution in [0.4, 0.5) is 0 Å². The zero-order valence-corrected chi connectivity index (χ0v) is 14.6. The first-order valence-electron chi connectivity index (χ1n) is 9.11. The van der Waals surface area contributed by atoms with Crippen LogP contribution >= 0.6 is 0 Å². The van der Waals surface area contributed by atoms with Crippen LogP contribution in [0.3, 0.4) is 0 Å². The molecule has 0 saturated heterocycles. The molecule has 3 N–H and O–H groups in total. The van der Waals surface area contributed by atoms with Gasteiger partial charge in [0.25, 0.3) is 0 Å². The second kappa shape index (κ2) is 16.2. The lowest BCUT2D eigenvalue weighted by Gasteiger charge is -2.28. The first-order chi connectivity index (χ1) is 11.1. The molecule has 1 amide bonds. The van der Waals surface area contributed by atoms with Crippen molar-refractivity contribution in [2.75, 3.05) is 19.6 Å². The lowest BCUT2D eigenvalue weighted by Crippen LogP contribution is -2.31. The molecule has 0 bridgehead atoms. The second-order valence-corrected chi connectivity index (χ2v) is 6.15. The van der Waals surface area contributed by atoms with Gasteiger partial charge in [0, 0.05) is 19.5 Å². The Bertz CT molecular complexity index is 275. The molecule has 0 saturated carbocycles. The lowest BCUT2D eigenvalue weighted by molar-refractivity contribution is -0.121. The third-order valence-electron chi connectivity index (χ3n) is 3.78. The number of hydrogen-bond donors (Lipinski definition) is 3. The van der Waals surface area contributed by atoms with Gasteiger partial charge in [-0.1, -0.05) is 58.3 Å². The van der Waals surface area contributed by atoms with Crippen LogP contribution in [-0.4, -0.2) is 47.1 Å². The van der Waals surface area contributed by atoms with Crippen molar-refractivity contribution in [2.45, 2.75) is 83.8 Å². The summed E-state index contributed by atoms with van der Waals surface area (Å²) in [6.07, 6.45) is 10.6. The van der Waals surface area contributed by atoms with Crippen molar-refractivity contribution in [3.05, 3.63) is 5.21 Å². The molecule has 0 aromatic heterocycles. The summed E-state index contributed by atoms with van der Waals surface area (Å²) < 4.78 is 0. The molecule has 6 nitrogen and oxygen atoms in total. The fourth-order valence-electron chi connectivity index (χ4n) is 2.44. The molecule has 0 fully saturated rings. The summed E-state index contributed by atoms with van der Waals surface area (Å²) in [6, 6.07) is 0. The zero-order valence-electron chi connectivity index (χ0n) is 14.6. The van der Waals surface area contributed by atoms with Crippen LogP contribution in [0, 0.1) is 5.21 Å². The number of aliphatic hydroxyl groups is 2. The summed E-state index contributed by atoms with van der Waals surface area (Å²) in [5.74, 6) is 0.0348. The largest absolute Gasteiger partial charge is 0.785 e. The van der Waals surface area contributed by atoms with Crippen LogP contribution < -0.4 is 5.32 Å². The number of amides is 1. The van der Waals surface area contributed by atoms with Crippen molar-refractivity contribution in [3.8, 4) is 0 Å². The molecule has 0 radical (unpaired) electrons. The molecule has 0 aliphatic carbocycles. The van der Waals surface area contributed by atoms with E-state index in [0.29, 0.717) is 24.4 Å². The topological polar surface area (TPSA) is 95.9 Å². The van der Waals surface area contributed by atoms with Gasteiger partial charge < -0.3 is 25.8 Å². The molecule has 0 atom stereocenters. The average Bonchev–Trinajstić information content (AvgIpc) is 2.49. The van der Waals surface area contributed by atoms with Gasteiger partial charge in [0.05, 0.1) is 0 Å². The number of nitrogens with zero attached hydrogens (tertiary/aromatic N) is 1. The minimum atomic E-state index is -1.60. The highest BCUT2D eigenvalue weighted by Gasteiger charge is 2.02. The first kappa shape index (κ1) is 22.3. The monoisotopic (exact) mass is 331 g/mol. The van der Waals surface area contributed by atoms with E-state index in [2.05, 4.69) is 12.2 Å². The Morgan fingerprint density at radius 2 is 1.57 bits per heavy atom. The van der Waals surface area contributed by atoms with E-state index in [1.54, 1.807) is 0 Å². The molecular weight excluding hydrogens is 296 g/mol. The highest BCUT2D eigenvalue weighted by atomic mass is 16.5. The van der Waals surface area contributed by atoms with E-state index in [1.165, 1.54) is 44.9 Å². The van der Waals surface area contributed by atoms with Crippen molar-refractivity contribution in [3.63, 3.8) is 0 Å². The SMILES string of the molecule is CCCCCCCCCCCC(=O)NCCCN([O-])CC(O)O. The van der Waals surface area contributed by atoms with E-state index >= 15 is 0 Å². The number of unbranched alkanes of at least 4 members (excludes halogenated alkanes) is 8. The van der Waals surface area contributed by atoms with Crippen molar-refractivity contribution in [1.82, 2.24) is 10.4 Å². The molecule has 6 heteroatoms. The van der Waals surface area contributed by atoms with Crippen LogP contribution in [-0.2, 0) is 4.79 Å². The Labute approximate surface area is 140 Å². The summed E-state index contributed by atoms with van der Waals surface area (Å²) in [7, 11) is 0. The van der Waals surface area contributed by atoms with Gasteiger partial charge >= 0.3 is 0 Å². The van der Waals surface area contributed by atoms with E-state index in [9.17, 15) is 10.0 Å². The summed E-state index contributed by atoms with van der Waals surface area (Å²) in [6.45, 7) is 2.56. The summed E-state index contributed by atoms with van der Waals surface area (Å²) >= 11 is 0. The van der Waals surface area contributed by atoms with E-state index in [0.717, 1.165) is 12.8 Å². The molecule has 0 aliphatic rings. The van der Waals surface area contributed by atoms with Gasteiger partial charge in [0.15, 0.2) is 6.29 Å². The highest BCUT2D eigenvalue weighted by molar-refractivity contribution is 5.75. The maximum absolute atomic E-state index is 11.6. The van der Waals surface area contributed by atoms with Crippen molar-refractivity contribution >= 4 is 5.91 Å². The predicted octanol–water partition coefficient (Wildman–Crippen LogP) is 2.52. The molecule has 0 aromatic carbocycles. The third-order valence-corrected chi connectivity index (χ3v) is 3.78. The Balaban J connectivity index is 3.28. The van der Waals surface area contributed by atoms with Crippen molar-refractivity contribution in [2.24, 2.45) is 0 Å². The second-order valence-electron chi connectivity index (χ2n) is 6.15. The van der Waals surface area contributed by atoms with Crippen molar-refractivity contribution < 1.29 is 15.0 Å². The maximum atomic E-state index is 11.6. The number of rotatable bonds is 16. The summed E-state index contributed by atoms with van der Waals surface area (Å²) in [5, 5.41) is 31.8. The Morgan fingerprint density at radius 3 is 2.13 bits per heavy atom. The molecule has 0 aromatic rings. The quantitative estimate of drug-likeness (QED) is 0.229. The number of nitrogens with one attached hydrogen (secondary N) is 1. The molecule has 0 unspecified atom stereocenters. The van der Waals surface area contributed by atoms with Gasteiger partial charge in [0.2, 0.25) is 5.91 Å². The summed E-state index contributed by atoms with van der Waals surface area (Å²) in [5.41, 5.74) is 0. The van der Waals surface area contributed by atoms with Gasteiger partial charge in [0.1, 0.15) is 0 Å². The van der Waals surface area contributed by atoms with Crippen molar-refractivity contribution in [1.29, 1.82) is 0 Å². The van der Waals surface area contributed by atoms with E-state index < -0.39 is 6.29 Å². The molecule has 0 aliphatic heterocycles. The number of hydroxylamine groups is 2. The minimum Gasteiger partial charge on any atom is -0.785 e. The first-order valence-corrected chi connectivity index (χ1v) is 9.11. The smallest absolute Gasteiger partial charge is 0.219 e.